The second-order valence-corrected chi connectivity index (χ2v) is 4.24. The van der Waals surface area contributed by atoms with E-state index in [0.717, 1.165) is 10.3 Å². The summed E-state index contributed by atoms with van der Waals surface area (Å²) in [4.78, 5) is 0. The molecule has 1 aromatic carbocycles. The van der Waals surface area contributed by atoms with E-state index in [1.807, 2.05) is 0 Å². The predicted octanol–water partition coefficient (Wildman–Crippen LogP) is 3.81. The van der Waals surface area contributed by atoms with Gasteiger partial charge in [-0.25, -0.2) is 4.39 Å². The molecule has 2 rings (SSSR count). The molecule has 2 aromatic rings. The van der Waals surface area contributed by atoms with E-state index in [-0.39, 0.29) is 5.82 Å². The first-order valence-corrected chi connectivity index (χ1v) is 5.92. The Balaban J connectivity index is 2.86. The smallest absolute Gasteiger partial charge is 0.141 e. The average molecular weight is 270 g/mol. The van der Waals surface area contributed by atoms with Crippen LogP contribution in [0.2, 0.25) is 0 Å². The Kier molecular flexibility index (Phi) is 2.53. The number of alkyl halides is 1. The van der Waals surface area contributed by atoms with E-state index >= 15 is 0 Å². The maximum atomic E-state index is 13.2. The van der Waals surface area contributed by atoms with Gasteiger partial charge in [0.1, 0.15) is 5.82 Å². The predicted molar refractivity (Wildman–Crippen MR) is 59.1 cm³/mol. The molecular weight excluding hydrogens is 265 g/mol. The summed E-state index contributed by atoms with van der Waals surface area (Å²) in [7, 11) is 0. The van der Waals surface area contributed by atoms with E-state index in [9.17, 15) is 4.39 Å². The maximum Gasteiger partial charge on any atom is 0.141 e. The van der Waals surface area contributed by atoms with Gasteiger partial charge in [-0.1, -0.05) is 15.9 Å². The second kappa shape index (κ2) is 3.68. The highest BCUT2D eigenvalue weighted by Crippen LogP contribution is 2.31. The van der Waals surface area contributed by atoms with E-state index in [4.69, 9.17) is 5.26 Å². The fraction of sp³-hybridized carbons (Fsp3) is 0.100. The summed E-state index contributed by atoms with van der Waals surface area (Å²) < 4.78 is 14.1. The molecule has 0 aliphatic heterocycles. The number of nitriles is 1. The molecule has 0 spiro atoms. The van der Waals surface area contributed by atoms with Gasteiger partial charge in [0, 0.05) is 20.8 Å². The SMILES string of the molecule is N#Cc1ccc2c(F)csc2c1CBr. The van der Waals surface area contributed by atoms with Crippen LogP contribution in [0.25, 0.3) is 10.1 Å². The molecule has 70 valence electrons. The first-order valence-electron chi connectivity index (χ1n) is 3.92. The summed E-state index contributed by atoms with van der Waals surface area (Å²) >= 11 is 4.65. The number of rotatable bonds is 1. The van der Waals surface area contributed by atoms with Crippen molar-refractivity contribution in [1.82, 2.24) is 0 Å². The molecule has 1 nitrogen and oxygen atoms in total. The molecule has 14 heavy (non-hydrogen) atoms. The van der Waals surface area contributed by atoms with Crippen LogP contribution in [0.5, 0.6) is 0 Å². The zero-order valence-corrected chi connectivity index (χ0v) is 9.45. The van der Waals surface area contributed by atoms with E-state index in [0.29, 0.717) is 16.3 Å². The van der Waals surface area contributed by atoms with Crippen LogP contribution in [0.3, 0.4) is 0 Å². The summed E-state index contributed by atoms with van der Waals surface area (Å²) in [6.07, 6.45) is 0. The first kappa shape index (κ1) is 9.63. The van der Waals surface area contributed by atoms with Gasteiger partial charge in [0.15, 0.2) is 0 Å². The topological polar surface area (TPSA) is 23.8 Å². The monoisotopic (exact) mass is 269 g/mol. The minimum Gasteiger partial charge on any atom is -0.205 e. The van der Waals surface area contributed by atoms with Crippen molar-refractivity contribution < 1.29 is 4.39 Å². The Morgan fingerprint density at radius 3 is 2.93 bits per heavy atom. The van der Waals surface area contributed by atoms with Crippen LogP contribution < -0.4 is 0 Å². The van der Waals surface area contributed by atoms with Crippen molar-refractivity contribution in [3.05, 3.63) is 34.5 Å². The van der Waals surface area contributed by atoms with Crippen molar-refractivity contribution in [3.63, 3.8) is 0 Å². The van der Waals surface area contributed by atoms with E-state index in [1.54, 1.807) is 12.1 Å². The Bertz CT molecular complexity index is 527. The number of benzene rings is 1. The highest BCUT2D eigenvalue weighted by molar-refractivity contribution is 9.08. The van der Waals surface area contributed by atoms with E-state index < -0.39 is 0 Å². The third kappa shape index (κ3) is 1.33. The lowest BCUT2D eigenvalue weighted by Gasteiger charge is -2.00. The van der Waals surface area contributed by atoms with Crippen molar-refractivity contribution in [2.75, 3.05) is 0 Å². The van der Waals surface area contributed by atoms with Gasteiger partial charge in [0.2, 0.25) is 0 Å². The summed E-state index contributed by atoms with van der Waals surface area (Å²) in [6.45, 7) is 0. The molecule has 4 heteroatoms. The van der Waals surface area contributed by atoms with Crippen LogP contribution in [-0.4, -0.2) is 0 Å². The van der Waals surface area contributed by atoms with Crippen molar-refractivity contribution in [2.45, 2.75) is 5.33 Å². The average Bonchev–Trinajstić information content (AvgIpc) is 2.59. The van der Waals surface area contributed by atoms with Crippen LogP contribution in [0.15, 0.2) is 17.5 Å². The Labute approximate surface area is 92.9 Å². The largest absolute Gasteiger partial charge is 0.205 e. The van der Waals surface area contributed by atoms with Gasteiger partial charge in [-0.15, -0.1) is 11.3 Å². The zero-order valence-electron chi connectivity index (χ0n) is 7.05. The highest BCUT2D eigenvalue weighted by Gasteiger charge is 2.10. The third-order valence-corrected chi connectivity index (χ3v) is 3.64. The van der Waals surface area contributed by atoms with Crippen LogP contribution in [0.4, 0.5) is 4.39 Å². The molecule has 0 aliphatic rings. The molecule has 0 amide bonds. The number of hydrogen-bond acceptors (Lipinski definition) is 2. The van der Waals surface area contributed by atoms with E-state index in [1.165, 1.54) is 16.7 Å². The van der Waals surface area contributed by atoms with Crippen LogP contribution >= 0.6 is 27.3 Å². The Hall–Kier alpha value is -0.920. The molecule has 0 fully saturated rings. The third-order valence-electron chi connectivity index (χ3n) is 2.05. The van der Waals surface area contributed by atoms with Crippen molar-refractivity contribution in [2.24, 2.45) is 0 Å². The molecule has 1 heterocycles. The molecule has 0 aliphatic carbocycles. The molecular formula is C10H5BrFNS. The number of thiophene rings is 1. The second-order valence-electron chi connectivity index (χ2n) is 2.80. The van der Waals surface area contributed by atoms with Gasteiger partial charge in [-0.3, -0.25) is 0 Å². The summed E-state index contributed by atoms with van der Waals surface area (Å²) in [5, 5.41) is 11.5. The maximum absolute atomic E-state index is 13.2. The Morgan fingerprint density at radius 1 is 1.50 bits per heavy atom. The normalized spacial score (nSPS) is 10.4. The highest BCUT2D eigenvalue weighted by atomic mass is 79.9. The molecule has 0 radical (unpaired) electrons. The molecule has 0 N–H and O–H groups in total. The lowest BCUT2D eigenvalue weighted by Crippen LogP contribution is -1.85. The zero-order chi connectivity index (χ0) is 10.1. The van der Waals surface area contributed by atoms with Gasteiger partial charge in [-0.2, -0.15) is 5.26 Å². The summed E-state index contributed by atoms with van der Waals surface area (Å²) in [6, 6.07) is 5.42. The lowest BCUT2D eigenvalue weighted by atomic mass is 10.1. The minimum atomic E-state index is -0.211. The van der Waals surface area contributed by atoms with Gasteiger partial charge < -0.3 is 0 Å². The van der Waals surface area contributed by atoms with Crippen LogP contribution in [-0.2, 0) is 5.33 Å². The fourth-order valence-electron chi connectivity index (χ4n) is 1.36. The van der Waals surface area contributed by atoms with Crippen molar-refractivity contribution in [3.8, 4) is 6.07 Å². The van der Waals surface area contributed by atoms with E-state index in [2.05, 4.69) is 22.0 Å². The van der Waals surface area contributed by atoms with Gasteiger partial charge in [0.25, 0.3) is 0 Å². The molecule has 0 saturated heterocycles. The minimum absolute atomic E-state index is 0.211. The molecule has 0 atom stereocenters. The summed E-state index contributed by atoms with van der Waals surface area (Å²) in [5.41, 5.74) is 1.48. The van der Waals surface area contributed by atoms with Gasteiger partial charge >= 0.3 is 0 Å². The molecule has 0 saturated carbocycles. The van der Waals surface area contributed by atoms with Crippen molar-refractivity contribution in [1.29, 1.82) is 5.26 Å². The molecule has 0 bridgehead atoms. The van der Waals surface area contributed by atoms with Crippen LogP contribution in [0, 0.1) is 17.1 Å². The fourth-order valence-corrected chi connectivity index (χ4v) is 3.10. The number of nitrogens with zero attached hydrogens (tertiary/aromatic N) is 1. The first-order chi connectivity index (χ1) is 6.77. The standard InChI is InChI=1S/C10H5BrFNS/c11-3-8-6(4-13)1-2-7-9(12)5-14-10(7)8/h1-2,5H,3H2. The van der Waals surface area contributed by atoms with Gasteiger partial charge in [0.05, 0.1) is 11.6 Å². The van der Waals surface area contributed by atoms with Crippen molar-refractivity contribution >= 4 is 37.4 Å². The van der Waals surface area contributed by atoms with Crippen LogP contribution in [0.1, 0.15) is 11.1 Å². The van der Waals surface area contributed by atoms with Gasteiger partial charge in [-0.05, 0) is 17.7 Å². The quantitative estimate of drug-likeness (QED) is 0.723. The summed E-state index contributed by atoms with van der Waals surface area (Å²) in [5.74, 6) is -0.211. The number of fused-ring (bicyclic) bond motifs is 1. The number of hydrogen-bond donors (Lipinski definition) is 0. The lowest BCUT2D eigenvalue weighted by molar-refractivity contribution is 0.644. The number of halogens is 2. The molecule has 1 aromatic heterocycles. The molecule has 0 unspecified atom stereocenters. The Morgan fingerprint density at radius 2 is 2.29 bits per heavy atom.